The Bertz CT molecular complexity index is 674. The van der Waals surface area contributed by atoms with Crippen LogP contribution < -0.4 is 14.2 Å². The molecule has 0 saturated carbocycles. The quantitative estimate of drug-likeness (QED) is 0.607. The number of aliphatic hydroxyl groups excluding tert-OH is 3. The van der Waals surface area contributed by atoms with Gasteiger partial charge in [-0.05, 0) is 6.07 Å². The highest BCUT2D eigenvalue weighted by Crippen LogP contribution is 2.50. The number of benzene rings is 1. The highest BCUT2D eigenvalue weighted by Gasteiger charge is 2.52. The van der Waals surface area contributed by atoms with Gasteiger partial charge in [0.1, 0.15) is 24.4 Å². The Kier molecular flexibility index (Phi) is 4.74. The van der Waals surface area contributed by atoms with Crippen molar-refractivity contribution in [2.24, 2.45) is 0 Å². The Balaban J connectivity index is 2.20. The van der Waals surface area contributed by atoms with Crippen LogP contribution in [0.5, 0.6) is 17.2 Å². The smallest absolute Gasteiger partial charge is 0.339 e. The molecule has 9 nitrogen and oxygen atoms in total. The minimum absolute atomic E-state index is 0.135. The van der Waals surface area contributed by atoms with Crippen molar-refractivity contribution in [3.05, 3.63) is 17.2 Å². The van der Waals surface area contributed by atoms with Gasteiger partial charge >= 0.3 is 5.97 Å². The van der Waals surface area contributed by atoms with Gasteiger partial charge in [0, 0.05) is 5.56 Å². The van der Waals surface area contributed by atoms with Gasteiger partial charge < -0.3 is 39.0 Å². The van der Waals surface area contributed by atoms with Crippen LogP contribution in [0.4, 0.5) is 0 Å². The summed E-state index contributed by atoms with van der Waals surface area (Å²) in [7, 11) is 4.23. The maximum absolute atomic E-state index is 12.4. The number of carbonyl (C=O) groups is 1. The van der Waals surface area contributed by atoms with Crippen LogP contribution in [-0.2, 0) is 9.47 Å². The monoisotopic (exact) mass is 356 g/mol. The highest BCUT2D eigenvalue weighted by atomic mass is 16.6. The molecule has 0 spiro atoms. The van der Waals surface area contributed by atoms with Crippen molar-refractivity contribution in [1.29, 1.82) is 0 Å². The Morgan fingerprint density at radius 1 is 1.08 bits per heavy atom. The van der Waals surface area contributed by atoms with E-state index in [2.05, 4.69) is 0 Å². The van der Waals surface area contributed by atoms with Crippen LogP contribution in [0.15, 0.2) is 6.07 Å². The van der Waals surface area contributed by atoms with Crippen molar-refractivity contribution in [2.45, 2.75) is 30.5 Å². The molecule has 9 heteroatoms. The molecule has 2 heterocycles. The van der Waals surface area contributed by atoms with E-state index < -0.39 is 43.1 Å². The molecule has 0 bridgehead atoms. The topological polar surface area (TPSA) is 124 Å². The Morgan fingerprint density at radius 2 is 1.76 bits per heavy atom. The molecule has 3 N–H and O–H groups in total. The second-order valence-corrected chi connectivity index (χ2v) is 5.74. The van der Waals surface area contributed by atoms with Gasteiger partial charge in [-0.15, -0.1) is 0 Å². The summed E-state index contributed by atoms with van der Waals surface area (Å²) >= 11 is 0. The molecule has 2 aliphatic rings. The first-order valence-electron chi connectivity index (χ1n) is 7.64. The first kappa shape index (κ1) is 17.7. The Hall–Kier alpha value is -2.07. The van der Waals surface area contributed by atoms with E-state index in [0.717, 1.165) is 0 Å². The van der Waals surface area contributed by atoms with E-state index in [1.807, 2.05) is 0 Å². The summed E-state index contributed by atoms with van der Waals surface area (Å²) in [4.78, 5) is 12.4. The molecule has 1 fully saturated rings. The minimum Gasteiger partial charge on any atom is -0.493 e. The van der Waals surface area contributed by atoms with Gasteiger partial charge in [-0.2, -0.15) is 0 Å². The van der Waals surface area contributed by atoms with Gasteiger partial charge in [-0.1, -0.05) is 0 Å². The molecular weight excluding hydrogens is 336 g/mol. The van der Waals surface area contributed by atoms with E-state index in [4.69, 9.17) is 23.7 Å². The van der Waals surface area contributed by atoms with Crippen LogP contribution in [0.1, 0.15) is 22.0 Å². The summed E-state index contributed by atoms with van der Waals surface area (Å²) in [5, 5.41) is 29.7. The average molecular weight is 356 g/mol. The van der Waals surface area contributed by atoms with E-state index >= 15 is 0 Å². The van der Waals surface area contributed by atoms with Gasteiger partial charge in [0.25, 0.3) is 0 Å². The van der Waals surface area contributed by atoms with Crippen LogP contribution >= 0.6 is 0 Å². The zero-order chi connectivity index (χ0) is 18.3. The van der Waals surface area contributed by atoms with Crippen LogP contribution in [0, 0.1) is 0 Å². The summed E-state index contributed by atoms with van der Waals surface area (Å²) in [5.41, 5.74) is 0.446. The van der Waals surface area contributed by atoms with Crippen molar-refractivity contribution in [3.8, 4) is 17.2 Å². The molecule has 0 radical (unpaired) electrons. The van der Waals surface area contributed by atoms with Gasteiger partial charge in [0.05, 0.1) is 33.5 Å². The largest absolute Gasteiger partial charge is 0.493 e. The third-order valence-electron chi connectivity index (χ3n) is 4.48. The lowest BCUT2D eigenvalue weighted by Gasteiger charge is -2.44. The highest BCUT2D eigenvalue weighted by molar-refractivity contribution is 5.95. The summed E-state index contributed by atoms with van der Waals surface area (Å²) in [6, 6.07) is 1.43. The standard InChI is InChI=1S/C16H20O9/c1-21-7-4-6-9(13(23-3)12(7)22-2)14-15(25-16(6)20)11(19)10(18)8(5-17)24-14/h4,8,10-11,14-15,17-19H,5H2,1-3H3/t8-,10-,11+,14+,15-/m0/s1. The normalized spacial score (nSPS) is 30.8. The number of aliphatic hydroxyl groups is 3. The fraction of sp³-hybridized carbons (Fsp3) is 0.562. The van der Waals surface area contributed by atoms with Crippen LogP contribution in [0.3, 0.4) is 0 Å². The second kappa shape index (κ2) is 6.68. The number of carbonyl (C=O) groups excluding carboxylic acids is 1. The molecule has 0 amide bonds. The number of hydrogen-bond donors (Lipinski definition) is 3. The summed E-state index contributed by atoms with van der Waals surface area (Å²) in [5.74, 6) is 0.00198. The van der Waals surface area contributed by atoms with Gasteiger partial charge in [-0.25, -0.2) is 4.79 Å². The first-order chi connectivity index (χ1) is 12.0. The molecule has 0 unspecified atom stereocenters. The summed E-state index contributed by atoms with van der Waals surface area (Å²) in [6.07, 6.45) is -5.96. The minimum atomic E-state index is -1.43. The molecule has 3 rings (SSSR count). The van der Waals surface area contributed by atoms with Crippen LogP contribution in [0.25, 0.3) is 0 Å². The van der Waals surface area contributed by atoms with Crippen LogP contribution in [-0.4, -0.2) is 73.6 Å². The molecule has 25 heavy (non-hydrogen) atoms. The zero-order valence-electron chi connectivity index (χ0n) is 14.0. The lowest BCUT2D eigenvalue weighted by molar-refractivity contribution is -0.235. The third kappa shape index (κ3) is 2.60. The lowest BCUT2D eigenvalue weighted by atomic mass is 9.86. The molecule has 0 aromatic heterocycles. The molecule has 1 saturated heterocycles. The molecule has 2 aliphatic heterocycles. The fourth-order valence-electron chi connectivity index (χ4n) is 3.27. The van der Waals surface area contributed by atoms with Crippen molar-refractivity contribution in [1.82, 2.24) is 0 Å². The van der Waals surface area contributed by atoms with Gasteiger partial charge in [0.15, 0.2) is 17.6 Å². The van der Waals surface area contributed by atoms with Crippen LogP contribution in [0.2, 0.25) is 0 Å². The number of esters is 1. The number of methoxy groups -OCH3 is 3. The van der Waals surface area contributed by atoms with Crippen molar-refractivity contribution >= 4 is 5.97 Å². The molecule has 0 aliphatic carbocycles. The van der Waals surface area contributed by atoms with E-state index in [0.29, 0.717) is 5.56 Å². The summed E-state index contributed by atoms with van der Waals surface area (Å²) < 4.78 is 26.9. The first-order valence-corrected chi connectivity index (χ1v) is 7.64. The maximum atomic E-state index is 12.4. The van der Waals surface area contributed by atoms with Gasteiger partial charge in [0.2, 0.25) is 5.75 Å². The van der Waals surface area contributed by atoms with E-state index in [-0.39, 0.29) is 22.8 Å². The molecule has 1 aromatic carbocycles. The lowest BCUT2D eigenvalue weighted by Crippen LogP contribution is -2.58. The van der Waals surface area contributed by atoms with E-state index in [9.17, 15) is 20.1 Å². The van der Waals surface area contributed by atoms with Crippen molar-refractivity contribution < 1.29 is 43.8 Å². The summed E-state index contributed by atoms with van der Waals surface area (Å²) in [6.45, 7) is -0.514. The predicted octanol–water partition coefficient (Wildman–Crippen LogP) is -0.595. The Labute approximate surface area is 143 Å². The molecule has 1 aromatic rings. The second-order valence-electron chi connectivity index (χ2n) is 5.74. The Morgan fingerprint density at radius 3 is 2.32 bits per heavy atom. The van der Waals surface area contributed by atoms with E-state index in [1.165, 1.54) is 27.4 Å². The SMILES string of the molecule is COc1cc2c(c(OC)c1OC)[C@H]1O[C@@H](CO)[C@H](O)[C@@H](O)[C@@H]1OC2=O. The fourth-order valence-corrected chi connectivity index (χ4v) is 3.27. The average Bonchev–Trinajstić information content (AvgIpc) is 2.63. The van der Waals surface area contributed by atoms with Gasteiger partial charge in [-0.3, -0.25) is 0 Å². The third-order valence-corrected chi connectivity index (χ3v) is 4.48. The van der Waals surface area contributed by atoms with Crippen molar-refractivity contribution in [2.75, 3.05) is 27.9 Å². The maximum Gasteiger partial charge on any atom is 0.339 e. The number of ether oxygens (including phenoxy) is 5. The predicted molar refractivity (Wildman–Crippen MR) is 82.0 cm³/mol. The molecule has 138 valence electrons. The number of rotatable bonds is 4. The van der Waals surface area contributed by atoms with Crippen molar-refractivity contribution in [3.63, 3.8) is 0 Å². The molecular formula is C16H20O9. The number of hydrogen-bond acceptors (Lipinski definition) is 9. The van der Waals surface area contributed by atoms with E-state index in [1.54, 1.807) is 0 Å². The zero-order valence-corrected chi connectivity index (χ0v) is 14.0. The molecule has 5 atom stereocenters. The number of fused-ring (bicyclic) bond motifs is 3.